The van der Waals surface area contributed by atoms with Crippen LogP contribution in [0.3, 0.4) is 0 Å². The second-order valence-corrected chi connectivity index (χ2v) is 5.16. The molecule has 1 aliphatic heterocycles. The number of nitrogens with zero attached hydrogens (tertiary/aromatic N) is 3. The Balaban J connectivity index is 2.12. The lowest BCUT2D eigenvalue weighted by atomic mass is 10.2. The van der Waals surface area contributed by atoms with E-state index in [2.05, 4.69) is 38.9 Å². The van der Waals surface area contributed by atoms with E-state index < -0.39 is 0 Å². The van der Waals surface area contributed by atoms with Crippen molar-refractivity contribution in [2.75, 3.05) is 35.6 Å². The van der Waals surface area contributed by atoms with Gasteiger partial charge in [-0.2, -0.15) is 12.6 Å². The molecule has 2 rings (SSSR count). The van der Waals surface area contributed by atoms with Gasteiger partial charge in [-0.3, -0.25) is 0 Å². The van der Waals surface area contributed by atoms with Gasteiger partial charge in [0.25, 0.3) is 0 Å². The second kappa shape index (κ2) is 6.83. The van der Waals surface area contributed by atoms with E-state index in [4.69, 9.17) is 0 Å². The van der Waals surface area contributed by atoms with Crippen LogP contribution in [0, 0.1) is 6.92 Å². The van der Waals surface area contributed by atoms with Gasteiger partial charge >= 0.3 is 0 Å². The summed E-state index contributed by atoms with van der Waals surface area (Å²) in [5.41, 5.74) is 0. The summed E-state index contributed by atoms with van der Waals surface area (Å²) in [6.07, 6.45) is 5.21. The van der Waals surface area contributed by atoms with E-state index in [9.17, 15) is 0 Å². The quantitative estimate of drug-likeness (QED) is 0.822. The van der Waals surface area contributed by atoms with Crippen LogP contribution in [0.25, 0.3) is 0 Å². The molecular weight excluding hydrogens is 244 g/mol. The van der Waals surface area contributed by atoms with Crippen molar-refractivity contribution in [2.45, 2.75) is 32.6 Å². The van der Waals surface area contributed by atoms with Gasteiger partial charge in [0.15, 0.2) is 0 Å². The van der Waals surface area contributed by atoms with Crippen molar-refractivity contribution in [3.63, 3.8) is 0 Å². The molecule has 1 N–H and O–H groups in total. The van der Waals surface area contributed by atoms with E-state index >= 15 is 0 Å². The van der Waals surface area contributed by atoms with Crippen molar-refractivity contribution in [1.29, 1.82) is 0 Å². The zero-order valence-corrected chi connectivity index (χ0v) is 11.9. The van der Waals surface area contributed by atoms with Crippen LogP contribution in [-0.4, -0.2) is 35.4 Å². The van der Waals surface area contributed by atoms with Crippen molar-refractivity contribution in [3.8, 4) is 0 Å². The number of hydrogen-bond acceptors (Lipinski definition) is 5. The van der Waals surface area contributed by atoms with Gasteiger partial charge in [-0.1, -0.05) is 12.8 Å². The van der Waals surface area contributed by atoms with E-state index in [1.54, 1.807) is 0 Å². The summed E-state index contributed by atoms with van der Waals surface area (Å²) < 4.78 is 0. The van der Waals surface area contributed by atoms with Gasteiger partial charge in [-0.05, 0) is 19.8 Å². The molecule has 100 valence electrons. The molecule has 0 atom stereocenters. The lowest BCUT2D eigenvalue weighted by Gasteiger charge is -2.22. The molecule has 0 bridgehead atoms. The highest BCUT2D eigenvalue weighted by Gasteiger charge is 2.12. The molecule has 0 saturated carbocycles. The fourth-order valence-corrected chi connectivity index (χ4v) is 2.40. The molecule has 1 aromatic rings. The monoisotopic (exact) mass is 266 g/mol. The first-order chi connectivity index (χ1) is 8.79. The van der Waals surface area contributed by atoms with Crippen LogP contribution in [0.1, 0.15) is 31.5 Å². The van der Waals surface area contributed by atoms with Crippen LogP contribution in [0.15, 0.2) is 6.07 Å². The molecular formula is C13H22N4S. The van der Waals surface area contributed by atoms with Crippen LogP contribution in [-0.2, 0) is 0 Å². The predicted octanol–water partition coefficient (Wildman–Crippen LogP) is 2.51. The molecule has 18 heavy (non-hydrogen) atoms. The fourth-order valence-electron chi connectivity index (χ4n) is 2.29. The van der Waals surface area contributed by atoms with E-state index in [-0.39, 0.29) is 0 Å². The van der Waals surface area contributed by atoms with E-state index in [1.165, 1.54) is 25.7 Å². The first kappa shape index (κ1) is 13.5. The largest absolute Gasteiger partial charge is 0.369 e. The van der Waals surface area contributed by atoms with Crippen LogP contribution >= 0.6 is 12.6 Å². The summed E-state index contributed by atoms with van der Waals surface area (Å²) in [6.45, 7) is 5.01. The lowest BCUT2D eigenvalue weighted by Crippen LogP contribution is -2.25. The first-order valence-electron chi connectivity index (χ1n) is 6.75. The smallest absolute Gasteiger partial charge is 0.134 e. The van der Waals surface area contributed by atoms with Gasteiger partial charge in [0.2, 0.25) is 0 Å². The third kappa shape index (κ3) is 3.77. The highest BCUT2D eigenvalue weighted by atomic mass is 32.1. The third-order valence-electron chi connectivity index (χ3n) is 3.17. The Bertz CT molecular complexity index is 375. The van der Waals surface area contributed by atoms with E-state index in [0.29, 0.717) is 0 Å². The molecule has 0 radical (unpaired) electrons. The molecule has 1 saturated heterocycles. The van der Waals surface area contributed by atoms with Gasteiger partial charge in [-0.25, -0.2) is 9.97 Å². The van der Waals surface area contributed by atoms with Crippen LogP contribution in [0.2, 0.25) is 0 Å². The minimum atomic E-state index is 0.808. The van der Waals surface area contributed by atoms with Gasteiger partial charge in [0, 0.05) is 31.5 Å². The molecule has 4 nitrogen and oxygen atoms in total. The highest BCUT2D eigenvalue weighted by molar-refractivity contribution is 7.80. The van der Waals surface area contributed by atoms with E-state index in [1.807, 2.05) is 6.92 Å². The molecule has 0 aromatic carbocycles. The number of nitrogens with one attached hydrogen (secondary N) is 1. The lowest BCUT2D eigenvalue weighted by molar-refractivity contribution is 0.726. The van der Waals surface area contributed by atoms with Crippen LogP contribution in [0.5, 0.6) is 0 Å². The molecule has 1 aliphatic rings. The minimum Gasteiger partial charge on any atom is -0.369 e. The molecule has 5 heteroatoms. The highest BCUT2D eigenvalue weighted by Crippen LogP contribution is 2.20. The summed E-state index contributed by atoms with van der Waals surface area (Å²) in [5.74, 6) is 3.61. The maximum absolute atomic E-state index is 4.56. The zero-order chi connectivity index (χ0) is 12.8. The Morgan fingerprint density at radius 1 is 1.22 bits per heavy atom. The number of aromatic nitrogens is 2. The standard InChI is InChI=1S/C13H22N4S/c1-11-15-12(14-6-9-18)10-13(16-11)17-7-4-2-3-5-8-17/h10,18H,2-9H2,1H3,(H,14,15,16). The molecule has 1 fully saturated rings. The van der Waals surface area contributed by atoms with Crippen LogP contribution in [0.4, 0.5) is 11.6 Å². The first-order valence-corrected chi connectivity index (χ1v) is 7.38. The maximum Gasteiger partial charge on any atom is 0.134 e. The van der Waals surface area contributed by atoms with Crippen LogP contribution < -0.4 is 10.2 Å². The average Bonchev–Trinajstić information content (AvgIpc) is 2.64. The molecule has 0 aliphatic carbocycles. The molecule has 1 aromatic heterocycles. The fraction of sp³-hybridized carbons (Fsp3) is 0.692. The third-order valence-corrected chi connectivity index (χ3v) is 3.40. The summed E-state index contributed by atoms with van der Waals surface area (Å²) in [4.78, 5) is 11.4. The summed E-state index contributed by atoms with van der Waals surface area (Å²) in [5, 5.41) is 3.28. The van der Waals surface area contributed by atoms with Crippen molar-refractivity contribution >= 4 is 24.3 Å². The van der Waals surface area contributed by atoms with Gasteiger partial charge in [0.1, 0.15) is 17.5 Å². The van der Waals surface area contributed by atoms with Gasteiger partial charge < -0.3 is 10.2 Å². The number of rotatable bonds is 4. The van der Waals surface area contributed by atoms with E-state index in [0.717, 1.165) is 42.8 Å². The Morgan fingerprint density at radius 2 is 1.94 bits per heavy atom. The summed E-state index contributed by atoms with van der Waals surface area (Å²) >= 11 is 4.20. The Morgan fingerprint density at radius 3 is 2.61 bits per heavy atom. The maximum atomic E-state index is 4.56. The Labute approximate surface area is 115 Å². The average molecular weight is 266 g/mol. The Hall–Kier alpha value is -0.970. The number of anilines is 2. The van der Waals surface area contributed by atoms with Crippen molar-refractivity contribution in [3.05, 3.63) is 11.9 Å². The topological polar surface area (TPSA) is 41.1 Å². The zero-order valence-electron chi connectivity index (χ0n) is 11.0. The molecule has 0 unspecified atom stereocenters. The molecule has 0 amide bonds. The van der Waals surface area contributed by atoms with Gasteiger partial charge in [0.05, 0.1) is 0 Å². The number of aryl methyl sites for hydroxylation is 1. The van der Waals surface area contributed by atoms with Crippen molar-refractivity contribution in [2.24, 2.45) is 0 Å². The number of hydrogen-bond donors (Lipinski definition) is 2. The number of thiol groups is 1. The Kier molecular flexibility index (Phi) is 5.11. The SMILES string of the molecule is Cc1nc(NCCS)cc(N2CCCCCC2)n1. The van der Waals surface area contributed by atoms with Crippen molar-refractivity contribution < 1.29 is 0 Å². The summed E-state index contributed by atoms with van der Waals surface area (Å²) in [7, 11) is 0. The van der Waals surface area contributed by atoms with Gasteiger partial charge in [-0.15, -0.1) is 0 Å². The summed E-state index contributed by atoms with van der Waals surface area (Å²) in [6, 6.07) is 2.06. The second-order valence-electron chi connectivity index (χ2n) is 4.71. The molecule has 2 heterocycles. The normalized spacial score (nSPS) is 16.4. The molecule has 0 spiro atoms. The predicted molar refractivity (Wildman–Crippen MR) is 79.8 cm³/mol. The minimum absolute atomic E-state index is 0.808. The van der Waals surface area contributed by atoms with Crippen molar-refractivity contribution in [1.82, 2.24) is 9.97 Å².